The van der Waals surface area contributed by atoms with Crippen LogP contribution in [0.15, 0.2) is 101 Å². The van der Waals surface area contributed by atoms with Crippen LogP contribution in [0.3, 0.4) is 0 Å². The number of furan rings is 1. The first kappa shape index (κ1) is 22.1. The van der Waals surface area contributed by atoms with Gasteiger partial charge in [-0.2, -0.15) is 0 Å². The lowest BCUT2D eigenvalue weighted by Gasteiger charge is -2.26. The number of aromatic nitrogens is 2. The van der Waals surface area contributed by atoms with Gasteiger partial charge in [0.05, 0.1) is 0 Å². The molecule has 0 saturated carbocycles. The van der Waals surface area contributed by atoms with Crippen LogP contribution in [-0.4, -0.2) is 9.97 Å². The Morgan fingerprint density at radius 1 is 0.775 bits per heavy atom. The third-order valence-corrected chi connectivity index (χ3v) is 9.07. The van der Waals surface area contributed by atoms with Crippen molar-refractivity contribution in [2.75, 3.05) is 0 Å². The largest absolute Gasteiger partial charge is 0.452 e. The van der Waals surface area contributed by atoms with Crippen molar-refractivity contribution in [1.82, 2.24) is 9.97 Å². The van der Waals surface area contributed by atoms with Crippen LogP contribution in [0, 0.1) is 0 Å². The van der Waals surface area contributed by atoms with Crippen molar-refractivity contribution in [2.45, 2.75) is 32.1 Å². The number of hydrogen-bond acceptors (Lipinski definition) is 3. The first-order valence-electron chi connectivity index (χ1n) is 14.1. The maximum Gasteiger partial charge on any atom is 0.180 e. The monoisotopic (exact) mass is 514 g/mol. The Labute approximate surface area is 231 Å². The Hall–Kier alpha value is -4.76. The van der Waals surface area contributed by atoms with E-state index in [4.69, 9.17) is 14.4 Å². The first-order chi connectivity index (χ1) is 19.6. The molecule has 2 aromatic heterocycles. The van der Waals surface area contributed by atoms with Crippen LogP contribution in [0.1, 0.15) is 43.4 Å². The summed E-state index contributed by atoms with van der Waals surface area (Å²) in [4.78, 5) is 10.2. The Kier molecular flexibility index (Phi) is 4.24. The summed E-state index contributed by atoms with van der Waals surface area (Å²) in [5, 5.41) is 3.74. The van der Waals surface area contributed by atoms with E-state index in [9.17, 15) is 0 Å². The summed E-state index contributed by atoms with van der Waals surface area (Å²) < 4.78 is 6.48. The van der Waals surface area contributed by atoms with Crippen LogP contribution in [-0.2, 0) is 5.41 Å². The maximum absolute atomic E-state index is 6.48. The van der Waals surface area contributed by atoms with Gasteiger partial charge in [0.2, 0.25) is 0 Å². The molecule has 40 heavy (non-hydrogen) atoms. The maximum atomic E-state index is 6.48. The highest BCUT2D eigenvalue weighted by Gasteiger charge is 2.43. The van der Waals surface area contributed by atoms with Crippen LogP contribution in [0.4, 0.5) is 0 Å². The third-order valence-electron chi connectivity index (χ3n) is 9.07. The van der Waals surface area contributed by atoms with Gasteiger partial charge >= 0.3 is 0 Å². The molecule has 3 aliphatic carbocycles. The van der Waals surface area contributed by atoms with Crippen molar-refractivity contribution >= 4 is 39.3 Å². The first-order valence-corrected chi connectivity index (χ1v) is 14.1. The van der Waals surface area contributed by atoms with Crippen molar-refractivity contribution in [2.24, 2.45) is 0 Å². The molecule has 4 aromatic carbocycles. The predicted molar refractivity (Wildman–Crippen MR) is 162 cm³/mol. The molecule has 0 aliphatic heterocycles. The minimum atomic E-state index is -0.0174. The van der Waals surface area contributed by atoms with Crippen LogP contribution in [0.2, 0.25) is 0 Å². The molecule has 0 N–H and O–H groups in total. The van der Waals surface area contributed by atoms with Crippen molar-refractivity contribution in [3.63, 3.8) is 0 Å². The smallest absolute Gasteiger partial charge is 0.180 e. The van der Waals surface area contributed by atoms with E-state index in [2.05, 4.69) is 74.5 Å². The summed E-state index contributed by atoms with van der Waals surface area (Å²) in [6.07, 6.45) is 4.55. The van der Waals surface area contributed by atoms with Gasteiger partial charge in [-0.25, -0.2) is 9.97 Å². The van der Waals surface area contributed by atoms with Crippen molar-refractivity contribution < 1.29 is 4.42 Å². The highest BCUT2D eigenvalue weighted by Crippen LogP contribution is 2.54. The zero-order valence-corrected chi connectivity index (χ0v) is 22.5. The summed E-state index contributed by atoms with van der Waals surface area (Å²) in [5.41, 5.74) is 13.9. The SMILES string of the molecule is CC1(C)C2=C(c3ccccc31)c1cc(-c3nc(-c4ccccc4)nc4c3oc3ccccc34)cc3c1=C2CCC=3. The van der Waals surface area contributed by atoms with E-state index in [1.807, 2.05) is 36.4 Å². The number of para-hydroxylation sites is 1. The van der Waals surface area contributed by atoms with Crippen LogP contribution >= 0.6 is 0 Å². The fourth-order valence-corrected chi connectivity index (χ4v) is 7.38. The molecule has 3 nitrogen and oxygen atoms in total. The molecule has 0 saturated heterocycles. The van der Waals surface area contributed by atoms with Gasteiger partial charge in [0.15, 0.2) is 11.4 Å². The number of benzene rings is 4. The molecule has 0 unspecified atom stereocenters. The third kappa shape index (κ3) is 2.79. The zero-order chi connectivity index (χ0) is 26.6. The van der Waals surface area contributed by atoms with E-state index >= 15 is 0 Å². The number of rotatable bonds is 2. The van der Waals surface area contributed by atoms with Gasteiger partial charge in [-0.05, 0) is 81.0 Å². The molecular weight excluding hydrogens is 488 g/mol. The second kappa shape index (κ2) is 7.67. The summed E-state index contributed by atoms with van der Waals surface area (Å²) >= 11 is 0. The van der Waals surface area contributed by atoms with Crippen LogP contribution < -0.4 is 10.4 Å². The lowest BCUT2D eigenvalue weighted by atomic mass is 9.77. The lowest BCUT2D eigenvalue weighted by molar-refractivity contribution is 0.653. The van der Waals surface area contributed by atoms with Crippen molar-refractivity contribution in [3.05, 3.63) is 124 Å². The van der Waals surface area contributed by atoms with E-state index in [0.717, 1.165) is 51.7 Å². The molecule has 0 amide bonds. The average Bonchev–Trinajstić information content (AvgIpc) is 3.61. The molecule has 0 radical (unpaired) electrons. The Bertz CT molecular complexity index is 2230. The Balaban J connectivity index is 1.38. The highest BCUT2D eigenvalue weighted by atomic mass is 16.3. The van der Waals surface area contributed by atoms with Gasteiger partial charge in [-0.15, -0.1) is 0 Å². The van der Waals surface area contributed by atoms with Gasteiger partial charge in [-0.1, -0.05) is 86.7 Å². The molecule has 3 aliphatic rings. The molecule has 6 aromatic rings. The van der Waals surface area contributed by atoms with Crippen LogP contribution in [0.25, 0.3) is 61.9 Å². The molecule has 2 heterocycles. The van der Waals surface area contributed by atoms with E-state index in [1.54, 1.807) is 0 Å². The van der Waals surface area contributed by atoms with Gasteiger partial charge in [0.1, 0.15) is 16.8 Å². The minimum absolute atomic E-state index is 0.0174. The fourth-order valence-electron chi connectivity index (χ4n) is 7.38. The van der Waals surface area contributed by atoms with E-state index in [0.29, 0.717) is 5.82 Å². The van der Waals surface area contributed by atoms with E-state index < -0.39 is 0 Å². The standard InChI is InChI=1S/C37H26N2O/c1-37(2)28-17-8-6-14-24(28)31-27-20-23(19-22-13-10-16-26(30(22)27)32(31)37)33-35-34(25-15-7-9-18-29(25)40-35)39-36(38-33)21-11-4-3-5-12-21/h3-9,11-15,17-20H,10,16H2,1-2H3. The summed E-state index contributed by atoms with van der Waals surface area (Å²) in [7, 11) is 0. The van der Waals surface area contributed by atoms with Gasteiger partial charge in [-0.3, -0.25) is 0 Å². The van der Waals surface area contributed by atoms with Crippen molar-refractivity contribution in [3.8, 4) is 22.6 Å². The van der Waals surface area contributed by atoms with Gasteiger partial charge in [0, 0.05) is 21.9 Å². The second-order valence-corrected chi connectivity index (χ2v) is 11.7. The zero-order valence-electron chi connectivity index (χ0n) is 22.5. The minimum Gasteiger partial charge on any atom is -0.452 e. The van der Waals surface area contributed by atoms with E-state index in [-0.39, 0.29) is 5.41 Å². The van der Waals surface area contributed by atoms with Gasteiger partial charge in [0.25, 0.3) is 0 Å². The summed E-state index contributed by atoms with van der Waals surface area (Å²) in [6.45, 7) is 4.78. The van der Waals surface area contributed by atoms with Crippen LogP contribution in [0.5, 0.6) is 0 Å². The molecular formula is C37H26N2O. The number of nitrogens with zero attached hydrogens (tertiary/aromatic N) is 2. The quantitative estimate of drug-likeness (QED) is 0.240. The highest BCUT2D eigenvalue weighted by molar-refractivity contribution is 6.08. The Morgan fingerprint density at radius 3 is 2.48 bits per heavy atom. The number of hydrogen-bond donors (Lipinski definition) is 0. The average molecular weight is 515 g/mol. The predicted octanol–water partition coefficient (Wildman–Crippen LogP) is 7.54. The molecule has 9 rings (SSSR count). The summed E-state index contributed by atoms with van der Waals surface area (Å²) in [6, 6.07) is 32.0. The second-order valence-electron chi connectivity index (χ2n) is 11.7. The molecule has 0 atom stereocenters. The topological polar surface area (TPSA) is 38.9 Å². The number of allylic oxidation sites excluding steroid dienone is 1. The molecule has 0 fully saturated rings. The molecule has 0 bridgehead atoms. The number of fused-ring (bicyclic) bond motifs is 7. The normalized spacial score (nSPS) is 16.3. The Morgan fingerprint density at radius 2 is 1.57 bits per heavy atom. The van der Waals surface area contributed by atoms with E-state index in [1.165, 1.54) is 43.8 Å². The molecule has 3 heteroatoms. The summed E-state index contributed by atoms with van der Waals surface area (Å²) in [5.74, 6) is 0.715. The molecule has 0 spiro atoms. The van der Waals surface area contributed by atoms with Gasteiger partial charge < -0.3 is 4.42 Å². The van der Waals surface area contributed by atoms with Crippen molar-refractivity contribution in [1.29, 1.82) is 0 Å². The lowest BCUT2D eigenvalue weighted by Crippen LogP contribution is -2.33. The molecule has 190 valence electrons. The fraction of sp³-hybridized carbons (Fsp3) is 0.135.